The molecule has 0 bridgehead atoms. The Bertz CT molecular complexity index is 175. The zero-order valence-corrected chi connectivity index (χ0v) is 8.72. The lowest BCUT2D eigenvalue weighted by Gasteiger charge is -2.38. The Labute approximate surface area is 86.7 Å². The summed E-state index contributed by atoms with van der Waals surface area (Å²) in [6, 6.07) is 0. The lowest BCUT2D eigenvalue weighted by Crippen LogP contribution is -2.54. The van der Waals surface area contributed by atoms with E-state index in [-0.39, 0.29) is 6.61 Å². The molecule has 1 aliphatic heterocycles. The SMILES string of the molecule is CCOC1S[C@@H](CO)[C@H](O)[C@H](O)[C@H]1O. The summed E-state index contributed by atoms with van der Waals surface area (Å²) >= 11 is 1.14. The van der Waals surface area contributed by atoms with Gasteiger partial charge in [-0.3, -0.25) is 0 Å². The van der Waals surface area contributed by atoms with Crippen molar-refractivity contribution in [2.24, 2.45) is 0 Å². The molecule has 4 N–H and O–H groups in total. The highest BCUT2D eigenvalue weighted by atomic mass is 32.2. The fourth-order valence-corrected chi connectivity index (χ4v) is 2.66. The van der Waals surface area contributed by atoms with Gasteiger partial charge in [0.05, 0.1) is 18.0 Å². The Kier molecular flexibility index (Phi) is 4.62. The van der Waals surface area contributed by atoms with Crippen LogP contribution in [0.2, 0.25) is 0 Å². The van der Waals surface area contributed by atoms with Crippen LogP contribution in [0.1, 0.15) is 6.92 Å². The summed E-state index contributed by atoms with van der Waals surface area (Å²) in [5.41, 5.74) is -0.587. The normalized spacial score (nSPS) is 43.9. The molecule has 1 rings (SSSR count). The zero-order chi connectivity index (χ0) is 10.7. The predicted octanol–water partition coefficient (Wildman–Crippen LogP) is -1.46. The van der Waals surface area contributed by atoms with Crippen molar-refractivity contribution in [3.8, 4) is 0 Å². The molecule has 1 aliphatic rings. The Morgan fingerprint density at radius 3 is 2.29 bits per heavy atom. The average molecular weight is 224 g/mol. The maximum atomic E-state index is 9.51. The van der Waals surface area contributed by atoms with Crippen molar-refractivity contribution in [1.29, 1.82) is 0 Å². The van der Waals surface area contributed by atoms with Crippen molar-refractivity contribution in [2.75, 3.05) is 13.2 Å². The van der Waals surface area contributed by atoms with Gasteiger partial charge in [0.1, 0.15) is 17.6 Å². The largest absolute Gasteiger partial charge is 0.395 e. The smallest absolute Gasteiger partial charge is 0.132 e. The van der Waals surface area contributed by atoms with Gasteiger partial charge in [-0.05, 0) is 6.92 Å². The molecule has 1 fully saturated rings. The minimum atomic E-state index is -1.26. The van der Waals surface area contributed by atoms with Gasteiger partial charge in [-0.15, -0.1) is 11.8 Å². The van der Waals surface area contributed by atoms with Gasteiger partial charge < -0.3 is 25.2 Å². The molecular weight excluding hydrogens is 208 g/mol. The van der Waals surface area contributed by atoms with Crippen molar-refractivity contribution in [1.82, 2.24) is 0 Å². The second-order valence-corrected chi connectivity index (χ2v) is 4.49. The molecule has 1 saturated heterocycles. The molecule has 0 aromatic carbocycles. The summed E-state index contributed by atoms with van der Waals surface area (Å²) in [6.07, 6.45) is -3.49. The monoisotopic (exact) mass is 224 g/mol. The van der Waals surface area contributed by atoms with Gasteiger partial charge in [-0.25, -0.2) is 0 Å². The van der Waals surface area contributed by atoms with E-state index in [1.807, 2.05) is 0 Å². The van der Waals surface area contributed by atoms with Gasteiger partial charge in [0.25, 0.3) is 0 Å². The summed E-state index contributed by atoms with van der Waals surface area (Å²) in [4.78, 5) is 0. The van der Waals surface area contributed by atoms with E-state index in [1.165, 1.54) is 0 Å². The van der Waals surface area contributed by atoms with E-state index in [4.69, 9.17) is 9.84 Å². The second-order valence-electron chi connectivity index (χ2n) is 3.15. The third kappa shape index (κ3) is 2.39. The second kappa shape index (κ2) is 5.29. The minimum Gasteiger partial charge on any atom is -0.395 e. The highest BCUT2D eigenvalue weighted by molar-refractivity contribution is 8.00. The Morgan fingerprint density at radius 2 is 1.79 bits per heavy atom. The van der Waals surface area contributed by atoms with E-state index in [9.17, 15) is 15.3 Å². The summed E-state index contributed by atoms with van der Waals surface area (Å²) in [5.74, 6) is 0. The van der Waals surface area contributed by atoms with Crippen LogP contribution in [0, 0.1) is 0 Å². The first kappa shape index (κ1) is 12.2. The third-order valence-electron chi connectivity index (χ3n) is 2.18. The molecule has 1 unspecified atom stereocenters. The first-order valence-electron chi connectivity index (χ1n) is 4.54. The Balaban J connectivity index is 2.63. The maximum Gasteiger partial charge on any atom is 0.132 e. The number of rotatable bonds is 3. The molecule has 5 atom stereocenters. The van der Waals surface area contributed by atoms with Crippen molar-refractivity contribution < 1.29 is 25.2 Å². The van der Waals surface area contributed by atoms with E-state index in [0.717, 1.165) is 11.8 Å². The van der Waals surface area contributed by atoms with Crippen LogP contribution in [0.15, 0.2) is 0 Å². The van der Waals surface area contributed by atoms with Gasteiger partial charge in [0.2, 0.25) is 0 Å². The van der Waals surface area contributed by atoms with Crippen molar-refractivity contribution in [3.05, 3.63) is 0 Å². The molecule has 0 amide bonds. The molecule has 5 nitrogen and oxygen atoms in total. The van der Waals surface area contributed by atoms with Crippen LogP contribution >= 0.6 is 11.8 Å². The Hall–Kier alpha value is 0.150. The van der Waals surface area contributed by atoms with Crippen LogP contribution in [-0.2, 0) is 4.74 Å². The molecule has 0 aromatic heterocycles. The van der Waals surface area contributed by atoms with Crippen molar-refractivity contribution in [3.63, 3.8) is 0 Å². The first-order valence-corrected chi connectivity index (χ1v) is 5.48. The lowest BCUT2D eigenvalue weighted by atomic mass is 10.0. The third-order valence-corrected chi connectivity index (χ3v) is 3.64. The van der Waals surface area contributed by atoms with Gasteiger partial charge >= 0.3 is 0 Å². The van der Waals surface area contributed by atoms with Crippen LogP contribution in [0.5, 0.6) is 0 Å². The highest BCUT2D eigenvalue weighted by Crippen LogP contribution is 2.33. The summed E-state index contributed by atoms with van der Waals surface area (Å²) in [5, 5.41) is 36.8. The van der Waals surface area contributed by atoms with Crippen LogP contribution in [-0.4, -0.2) is 62.6 Å². The summed E-state index contributed by atoms with van der Waals surface area (Å²) in [6.45, 7) is 1.94. The molecule has 0 aromatic rings. The minimum absolute atomic E-state index is 0.251. The summed E-state index contributed by atoms with van der Waals surface area (Å²) in [7, 11) is 0. The zero-order valence-electron chi connectivity index (χ0n) is 7.91. The molecule has 1 heterocycles. The fourth-order valence-electron chi connectivity index (χ4n) is 1.37. The molecule has 0 saturated carbocycles. The van der Waals surface area contributed by atoms with E-state index in [2.05, 4.69) is 0 Å². The maximum absolute atomic E-state index is 9.51. The van der Waals surface area contributed by atoms with E-state index < -0.39 is 29.0 Å². The fraction of sp³-hybridized carbons (Fsp3) is 1.00. The first-order chi connectivity index (χ1) is 6.61. The number of hydrogen-bond acceptors (Lipinski definition) is 6. The number of thioether (sulfide) groups is 1. The summed E-state index contributed by atoms with van der Waals surface area (Å²) < 4.78 is 5.18. The molecule has 0 radical (unpaired) electrons. The Morgan fingerprint density at radius 1 is 1.14 bits per heavy atom. The lowest BCUT2D eigenvalue weighted by molar-refractivity contribution is -0.108. The van der Waals surface area contributed by atoms with Crippen LogP contribution in [0.4, 0.5) is 0 Å². The number of aliphatic hydroxyl groups excluding tert-OH is 4. The van der Waals surface area contributed by atoms with Crippen LogP contribution in [0.3, 0.4) is 0 Å². The molecule has 0 aliphatic carbocycles. The molecular formula is C8H16O5S. The molecule has 14 heavy (non-hydrogen) atoms. The van der Waals surface area contributed by atoms with E-state index in [0.29, 0.717) is 6.61 Å². The number of aliphatic hydroxyl groups is 4. The van der Waals surface area contributed by atoms with Gasteiger partial charge in [-0.1, -0.05) is 0 Å². The average Bonchev–Trinajstić information content (AvgIpc) is 2.19. The molecule has 6 heteroatoms. The van der Waals surface area contributed by atoms with Gasteiger partial charge in [0, 0.05) is 6.61 Å². The topological polar surface area (TPSA) is 90.2 Å². The van der Waals surface area contributed by atoms with Crippen LogP contribution < -0.4 is 0 Å². The van der Waals surface area contributed by atoms with Crippen LogP contribution in [0.25, 0.3) is 0 Å². The van der Waals surface area contributed by atoms with Crippen molar-refractivity contribution in [2.45, 2.75) is 35.9 Å². The van der Waals surface area contributed by atoms with Gasteiger partial charge in [0.15, 0.2) is 0 Å². The molecule has 0 spiro atoms. The molecule has 84 valence electrons. The highest BCUT2D eigenvalue weighted by Gasteiger charge is 2.43. The van der Waals surface area contributed by atoms with E-state index >= 15 is 0 Å². The quantitative estimate of drug-likeness (QED) is 0.468. The number of ether oxygens (including phenoxy) is 1. The van der Waals surface area contributed by atoms with Gasteiger partial charge in [-0.2, -0.15) is 0 Å². The van der Waals surface area contributed by atoms with E-state index in [1.54, 1.807) is 6.92 Å². The number of hydrogen-bond donors (Lipinski definition) is 4. The predicted molar refractivity (Wildman–Crippen MR) is 51.9 cm³/mol. The standard InChI is InChI=1S/C8H16O5S/c1-2-13-8-7(12)6(11)5(10)4(3-9)14-8/h4-12H,2-3H2,1H3/t4-,5-,6-,7+,8?/m0/s1. The van der Waals surface area contributed by atoms with Crippen molar-refractivity contribution >= 4 is 11.8 Å².